The highest BCUT2D eigenvalue weighted by Crippen LogP contribution is 2.24. The molecule has 1 amide bonds. The number of carbonyl (C=O) groups is 2. The third-order valence-electron chi connectivity index (χ3n) is 6.69. The van der Waals surface area contributed by atoms with E-state index in [0.29, 0.717) is 48.6 Å². The number of esters is 1. The number of amides is 1. The fourth-order valence-corrected chi connectivity index (χ4v) is 4.87. The Balaban J connectivity index is 1.40. The Morgan fingerprint density at radius 3 is 2.37 bits per heavy atom. The molecule has 0 N–H and O–H groups in total. The topological polar surface area (TPSA) is 93.5 Å². The second kappa shape index (κ2) is 11.4. The van der Waals surface area contributed by atoms with Gasteiger partial charge >= 0.3 is 5.97 Å². The number of ether oxygens (including phenoxy) is 1. The molecule has 196 valence electrons. The summed E-state index contributed by atoms with van der Waals surface area (Å²) in [5, 5.41) is 4.57. The minimum atomic E-state index is -0.490. The SMILES string of the molecule is CCCc1c(C(=O)N2CCCN(c3nc4ccccc4nc3C(=O)OCC)CC2)cnn1-c1ccccc1. The predicted octanol–water partition coefficient (Wildman–Crippen LogP) is 4.30. The first-order chi connectivity index (χ1) is 18.6. The Kier molecular flexibility index (Phi) is 7.62. The number of para-hydroxylation sites is 3. The van der Waals surface area contributed by atoms with Crippen molar-refractivity contribution in [2.45, 2.75) is 33.1 Å². The Bertz CT molecular complexity index is 1440. The Labute approximate surface area is 222 Å². The Hall–Kier alpha value is -4.27. The zero-order chi connectivity index (χ0) is 26.5. The van der Waals surface area contributed by atoms with Crippen LogP contribution in [0.3, 0.4) is 0 Å². The lowest BCUT2D eigenvalue weighted by molar-refractivity contribution is 0.0520. The maximum atomic E-state index is 13.7. The first-order valence-electron chi connectivity index (χ1n) is 13.2. The van der Waals surface area contributed by atoms with E-state index < -0.39 is 5.97 Å². The molecule has 1 aliphatic heterocycles. The number of rotatable bonds is 7. The first-order valence-corrected chi connectivity index (χ1v) is 13.2. The largest absolute Gasteiger partial charge is 0.461 e. The average molecular weight is 513 g/mol. The van der Waals surface area contributed by atoms with Crippen LogP contribution in [0.2, 0.25) is 0 Å². The van der Waals surface area contributed by atoms with E-state index in [4.69, 9.17) is 9.72 Å². The number of fused-ring (bicyclic) bond motifs is 1. The van der Waals surface area contributed by atoms with Crippen LogP contribution in [0.5, 0.6) is 0 Å². The highest BCUT2D eigenvalue weighted by molar-refractivity contribution is 5.96. The molecule has 5 rings (SSSR count). The highest BCUT2D eigenvalue weighted by atomic mass is 16.5. The van der Waals surface area contributed by atoms with Gasteiger partial charge in [0.05, 0.1) is 40.8 Å². The van der Waals surface area contributed by atoms with Gasteiger partial charge in [0.2, 0.25) is 0 Å². The van der Waals surface area contributed by atoms with Crippen LogP contribution in [0.15, 0.2) is 60.8 Å². The number of anilines is 1. The summed E-state index contributed by atoms with van der Waals surface area (Å²) >= 11 is 0. The molecule has 9 nitrogen and oxygen atoms in total. The molecule has 2 aromatic heterocycles. The van der Waals surface area contributed by atoms with Gasteiger partial charge in [0.15, 0.2) is 11.5 Å². The summed E-state index contributed by atoms with van der Waals surface area (Å²) in [6.07, 6.45) is 4.09. The zero-order valence-corrected chi connectivity index (χ0v) is 21.8. The van der Waals surface area contributed by atoms with Gasteiger partial charge in [-0.05, 0) is 44.0 Å². The van der Waals surface area contributed by atoms with Crippen LogP contribution in [0, 0.1) is 0 Å². The van der Waals surface area contributed by atoms with Crippen molar-refractivity contribution < 1.29 is 14.3 Å². The van der Waals surface area contributed by atoms with Gasteiger partial charge in [-0.3, -0.25) is 4.79 Å². The summed E-state index contributed by atoms with van der Waals surface area (Å²) in [7, 11) is 0. The van der Waals surface area contributed by atoms with Crippen molar-refractivity contribution in [2.75, 3.05) is 37.7 Å². The molecule has 0 saturated carbocycles. The van der Waals surface area contributed by atoms with Crippen LogP contribution in [0.25, 0.3) is 16.7 Å². The Morgan fingerprint density at radius 2 is 1.63 bits per heavy atom. The fraction of sp³-hybridized carbons (Fsp3) is 0.345. The molecule has 2 aromatic carbocycles. The molecule has 0 radical (unpaired) electrons. The third kappa shape index (κ3) is 5.09. The van der Waals surface area contributed by atoms with Crippen LogP contribution >= 0.6 is 0 Å². The summed E-state index contributed by atoms with van der Waals surface area (Å²) in [5.74, 6) is -0.0109. The molecule has 38 heavy (non-hydrogen) atoms. The molecule has 4 aromatic rings. The van der Waals surface area contributed by atoms with E-state index in [-0.39, 0.29) is 18.2 Å². The second-order valence-electron chi connectivity index (χ2n) is 9.24. The van der Waals surface area contributed by atoms with Crippen molar-refractivity contribution in [1.82, 2.24) is 24.6 Å². The molecule has 3 heterocycles. The molecule has 1 saturated heterocycles. The molecule has 0 spiro atoms. The van der Waals surface area contributed by atoms with Crippen molar-refractivity contribution in [3.05, 3.63) is 77.7 Å². The lowest BCUT2D eigenvalue weighted by Crippen LogP contribution is -2.36. The van der Waals surface area contributed by atoms with Crippen LogP contribution < -0.4 is 4.90 Å². The van der Waals surface area contributed by atoms with E-state index >= 15 is 0 Å². The van der Waals surface area contributed by atoms with Gasteiger partial charge in [-0.15, -0.1) is 0 Å². The number of hydrogen-bond acceptors (Lipinski definition) is 7. The van der Waals surface area contributed by atoms with Crippen molar-refractivity contribution >= 4 is 28.7 Å². The summed E-state index contributed by atoms with van der Waals surface area (Å²) in [4.78, 5) is 39.8. The normalized spacial score (nSPS) is 13.9. The fourth-order valence-electron chi connectivity index (χ4n) is 4.87. The summed E-state index contributed by atoms with van der Waals surface area (Å²) < 4.78 is 7.16. The highest BCUT2D eigenvalue weighted by Gasteiger charge is 2.28. The van der Waals surface area contributed by atoms with Gasteiger partial charge in [0.25, 0.3) is 5.91 Å². The minimum Gasteiger partial charge on any atom is -0.461 e. The number of aromatic nitrogens is 4. The van der Waals surface area contributed by atoms with Gasteiger partial charge in [0, 0.05) is 26.2 Å². The molecule has 0 atom stereocenters. The van der Waals surface area contributed by atoms with E-state index in [1.54, 1.807) is 13.1 Å². The molecular formula is C29H32N6O3. The van der Waals surface area contributed by atoms with Gasteiger partial charge in [0.1, 0.15) is 0 Å². The third-order valence-corrected chi connectivity index (χ3v) is 6.69. The summed E-state index contributed by atoms with van der Waals surface area (Å²) in [6.45, 7) is 6.41. The average Bonchev–Trinajstić information content (AvgIpc) is 3.20. The van der Waals surface area contributed by atoms with Crippen molar-refractivity contribution in [3.63, 3.8) is 0 Å². The number of benzene rings is 2. The molecular weight excluding hydrogens is 480 g/mol. The molecule has 1 fully saturated rings. The van der Waals surface area contributed by atoms with E-state index in [0.717, 1.165) is 30.6 Å². The molecule has 0 aliphatic carbocycles. The standard InChI is InChI=1S/C29H32N6O3/c1-3-11-25-22(20-30-35(25)21-12-6-5-7-13-21)28(36)34-17-10-16-33(18-19-34)27-26(29(37)38-4-2)31-23-14-8-9-15-24(23)32-27/h5-9,12-15,20H,3-4,10-11,16-19H2,1-2H3. The van der Waals surface area contributed by atoms with Crippen molar-refractivity contribution in [3.8, 4) is 5.69 Å². The van der Waals surface area contributed by atoms with Crippen molar-refractivity contribution in [1.29, 1.82) is 0 Å². The second-order valence-corrected chi connectivity index (χ2v) is 9.24. The number of hydrogen-bond donors (Lipinski definition) is 0. The zero-order valence-electron chi connectivity index (χ0n) is 21.8. The number of carbonyl (C=O) groups excluding carboxylic acids is 2. The Morgan fingerprint density at radius 1 is 0.895 bits per heavy atom. The lowest BCUT2D eigenvalue weighted by Gasteiger charge is -2.24. The maximum absolute atomic E-state index is 13.7. The maximum Gasteiger partial charge on any atom is 0.360 e. The minimum absolute atomic E-state index is 0.0207. The van der Waals surface area contributed by atoms with Crippen molar-refractivity contribution in [2.24, 2.45) is 0 Å². The molecule has 9 heteroatoms. The van der Waals surface area contributed by atoms with Gasteiger partial charge < -0.3 is 14.5 Å². The molecule has 0 unspecified atom stereocenters. The lowest BCUT2D eigenvalue weighted by atomic mass is 10.1. The van der Waals surface area contributed by atoms with E-state index in [9.17, 15) is 9.59 Å². The van der Waals surface area contributed by atoms with Gasteiger partial charge in [-0.2, -0.15) is 5.10 Å². The predicted molar refractivity (Wildman–Crippen MR) is 146 cm³/mol. The summed E-state index contributed by atoms with van der Waals surface area (Å²) in [5.41, 5.74) is 4.07. The first kappa shape index (κ1) is 25.4. The van der Waals surface area contributed by atoms with E-state index in [1.807, 2.05) is 69.1 Å². The van der Waals surface area contributed by atoms with Gasteiger partial charge in [-0.25, -0.2) is 19.4 Å². The number of nitrogens with zero attached hydrogens (tertiary/aromatic N) is 6. The van der Waals surface area contributed by atoms with E-state index in [1.165, 1.54) is 0 Å². The van der Waals surface area contributed by atoms with Crippen LogP contribution in [0.4, 0.5) is 5.82 Å². The molecule has 0 bridgehead atoms. The monoisotopic (exact) mass is 512 g/mol. The summed E-state index contributed by atoms with van der Waals surface area (Å²) in [6, 6.07) is 17.4. The van der Waals surface area contributed by atoms with Crippen LogP contribution in [-0.4, -0.2) is 69.3 Å². The van der Waals surface area contributed by atoms with Crippen LogP contribution in [0.1, 0.15) is 53.2 Å². The van der Waals surface area contributed by atoms with Crippen LogP contribution in [-0.2, 0) is 11.2 Å². The van der Waals surface area contributed by atoms with Gasteiger partial charge in [-0.1, -0.05) is 43.7 Å². The van der Waals surface area contributed by atoms with E-state index in [2.05, 4.69) is 17.0 Å². The quantitative estimate of drug-likeness (QED) is 0.341. The smallest absolute Gasteiger partial charge is 0.360 e. The molecule has 1 aliphatic rings.